The number of phenols is 1. The van der Waals surface area contributed by atoms with Crippen LogP contribution in [-0.2, 0) is 9.84 Å². The van der Waals surface area contributed by atoms with Crippen LogP contribution < -0.4 is 4.74 Å². The van der Waals surface area contributed by atoms with E-state index in [4.69, 9.17) is 4.74 Å². The third-order valence-electron chi connectivity index (χ3n) is 5.22. The molecule has 0 unspecified atom stereocenters. The van der Waals surface area contributed by atoms with Gasteiger partial charge in [0.15, 0.2) is 11.5 Å². The van der Waals surface area contributed by atoms with E-state index >= 15 is 0 Å². The lowest BCUT2D eigenvalue weighted by molar-refractivity contribution is 0.373. The SMILES string of the molecule is COc1cc(-c2ccc3[nH]cc(C4CCS(=O)(=O)CC4)c3c2)ccc1O. The van der Waals surface area contributed by atoms with E-state index in [1.165, 1.54) is 12.7 Å². The topological polar surface area (TPSA) is 79.4 Å². The van der Waals surface area contributed by atoms with Gasteiger partial charge in [0.2, 0.25) is 0 Å². The van der Waals surface area contributed by atoms with E-state index in [1.54, 1.807) is 6.07 Å². The zero-order valence-electron chi connectivity index (χ0n) is 14.5. The quantitative estimate of drug-likeness (QED) is 0.733. The van der Waals surface area contributed by atoms with Gasteiger partial charge >= 0.3 is 0 Å². The molecule has 1 aliphatic rings. The first-order valence-corrected chi connectivity index (χ1v) is 10.5. The van der Waals surface area contributed by atoms with Crippen molar-refractivity contribution in [1.82, 2.24) is 4.98 Å². The molecule has 5 nitrogen and oxygen atoms in total. The van der Waals surface area contributed by atoms with Gasteiger partial charge < -0.3 is 14.8 Å². The molecule has 136 valence electrons. The third kappa shape index (κ3) is 3.05. The standard InChI is InChI=1S/C20H21NO4S/c1-25-20-11-15(3-5-19(20)22)14-2-4-18-16(10-14)17(12-21-18)13-6-8-26(23,24)9-7-13/h2-5,10-13,21-22H,6-9H2,1H3. The lowest BCUT2D eigenvalue weighted by Gasteiger charge is -2.21. The van der Waals surface area contributed by atoms with Crippen molar-refractivity contribution >= 4 is 20.7 Å². The second-order valence-electron chi connectivity index (χ2n) is 6.82. The first-order chi connectivity index (χ1) is 12.5. The number of rotatable bonds is 3. The maximum atomic E-state index is 11.7. The third-order valence-corrected chi connectivity index (χ3v) is 6.94. The molecule has 2 heterocycles. The number of sulfone groups is 1. The van der Waals surface area contributed by atoms with Crippen molar-refractivity contribution in [2.45, 2.75) is 18.8 Å². The number of phenolic OH excluding ortho intramolecular Hbond substituents is 1. The summed E-state index contributed by atoms with van der Waals surface area (Å²) in [4.78, 5) is 3.30. The summed E-state index contributed by atoms with van der Waals surface area (Å²) in [5.41, 5.74) is 4.21. The Labute approximate surface area is 152 Å². The molecule has 0 aliphatic carbocycles. The average molecular weight is 371 g/mol. The van der Waals surface area contributed by atoms with Crippen LogP contribution in [0.3, 0.4) is 0 Å². The van der Waals surface area contributed by atoms with Gasteiger partial charge in [-0.1, -0.05) is 12.1 Å². The molecular formula is C20H21NO4S. The van der Waals surface area contributed by atoms with Gasteiger partial charge in [-0.25, -0.2) is 8.42 Å². The second-order valence-corrected chi connectivity index (χ2v) is 9.12. The van der Waals surface area contributed by atoms with E-state index in [2.05, 4.69) is 11.1 Å². The summed E-state index contributed by atoms with van der Waals surface area (Å²) in [7, 11) is -1.34. The highest BCUT2D eigenvalue weighted by atomic mass is 32.2. The largest absolute Gasteiger partial charge is 0.504 e. The van der Waals surface area contributed by atoms with Gasteiger partial charge in [-0.15, -0.1) is 0 Å². The summed E-state index contributed by atoms with van der Waals surface area (Å²) < 4.78 is 28.6. The van der Waals surface area contributed by atoms with Crippen molar-refractivity contribution in [3.8, 4) is 22.6 Å². The maximum Gasteiger partial charge on any atom is 0.161 e. The summed E-state index contributed by atoms with van der Waals surface area (Å²) in [5.74, 6) is 1.34. The molecule has 1 aromatic heterocycles. The minimum atomic E-state index is -2.87. The predicted molar refractivity (Wildman–Crippen MR) is 103 cm³/mol. The van der Waals surface area contributed by atoms with Crippen molar-refractivity contribution in [3.05, 3.63) is 48.2 Å². The van der Waals surface area contributed by atoms with Crippen LogP contribution in [0, 0.1) is 0 Å². The molecule has 0 amide bonds. The predicted octanol–water partition coefficient (Wildman–Crippen LogP) is 3.84. The lowest BCUT2D eigenvalue weighted by atomic mass is 9.92. The van der Waals surface area contributed by atoms with Gasteiger partial charge in [0, 0.05) is 17.1 Å². The molecule has 4 rings (SSSR count). The number of ether oxygens (including phenoxy) is 1. The van der Waals surface area contributed by atoms with Crippen molar-refractivity contribution in [1.29, 1.82) is 0 Å². The molecule has 0 saturated carbocycles. The van der Waals surface area contributed by atoms with Crippen LogP contribution in [0.15, 0.2) is 42.6 Å². The molecule has 3 aromatic rings. The van der Waals surface area contributed by atoms with Crippen LogP contribution in [0.5, 0.6) is 11.5 Å². The average Bonchev–Trinajstić information content (AvgIpc) is 3.05. The Morgan fingerprint density at radius 1 is 1.08 bits per heavy atom. The number of hydrogen-bond acceptors (Lipinski definition) is 4. The summed E-state index contributed by atoms with van der Waals surface area (Å²) in [6, 6.07) is 11.5. The number of hydrogen-bond donors (Lipinski definition) is 2. The minimum absolute atomic E-state index is 0.114. The van der Waals surface area contributed by atoms with E-state index in [0.717, 1.165) is 22.0 Å². The molecule has 0 bridgehead atoms. The molecule has 0 spiro atoms. The summed E-state index contributed by atoms with van der Waals surface area (Å²) in [5, 5.41) is 10.9. The van der Waals surface area contributed by atoms with Crippen LogP contribution in [-0.4, -0.2) is 37.1 Å². The Balaban J connectivity index is 1.73. The van der Waals surface area contributed by atoms with Gasteiger partial charge in [-0.05, 0) is 59.7 Å². The van der Waals surface area contributed by atoms with Gasteiger partial charge in [-0.3, -0.25) is 0 Å². The first kappa shape index (κ1) is 17.0. The van der Waals surface area contributed by atoms with Crippen molar-refractivity contribution < 1.29 is 18.3 Å². The summed E-state index contributed by atoms with van der Waals surface area (Å²) in [6.45, 7) is 0. The molecule has 0 atom stereocenters. The fourth-order valence-electron chi connectivity index (χ4n) is 3.72. The molecule has 26 heavy (non-hydrogen) atoms. The van der Waals surface area contributed by atoms with Crippen molar-refractivity contribution in [2.75, 3.05) is 18.6 Å². The number of nitrogens with one attached hydrogen (secondary N) is 1. The maximum absolute atomic E-state index is 11.7. The van der Waals surface area contributed by atoms with E-state index in [9.17, 15) is 13.5 Å². The fraction of sp³-hybridized carbons (Fsp3) is 0.300. The fourth-order valence-corrected chi connectivity index (χ4v) is 5.21. The summed E-state index contributed by atoms with van der Waals surface area (Å²) in [6.07, 6.45) is 3.35. The van der Waals surface area contributed by atoms with Gasteiger partial charge in [0.05, 0.1) is 18.6 Å². The molecule has 1 aliphatic heterocycles. The number of fused-ring (bicyclic) bond motifs is 1. The molecule has 0 radical (unpaired) electrons. The minimum Gasteiger partial charge on any atom is -0.504 e. The van der Waals surface area contributed by atoms with E-state index in [0.29, 0.717) is 18.6 Å². The first-order valence-electron chi connectivity index (χ1n) is 8.66. The zero-order chi connectivity index (χ0) is 18.3. The van der Waals surface area contributed by atoms with E-state index in [-0.39, 0.29) is 23.2 Å². The van der Waals surface area contributed by atoms with Crippen LogP contribution in [0.4, 0.5) is 0 Å². The van der Waals surface area contributed by atoms with Crippen LogP contribution >= 0.6 is 0 Å². The van der Waals surface area contributed by atoms with Crippen molar-refractivity contribution in [2.24, 2.45) is 0 Å². The highest BCUT2D eigenvalue weighted by Crippen LogP contribution is 2.37. The van der Waals surface area contributed by atoms with Crippen LogP contribution in [0.25, 0.3) is 22.0 Å². The highest BCUT2D eigenvalue weighted by molar-refractivity contribution is 7.91. The van der Waals surface area contributed by atoms with Crippen LogP contribution in [0.1, 0.15) is 24.3 Å². The van der Waals surface area contributed by atoms with Gasteiger partial charge in [-0.2, -0.15) is 0 Å². The number of aromatic hydroxyl groups is 1. The number of aromatic amines is 1. The van der Waals surface area contributed by atoms with Gasteiger partial charge in [0.1, 0.15) is 9.84 Å². The second kappa shape index (κ2) is 6.36. The van der Waals surface area contributed by atoms with Gasteiger partial charge in [0.25, 0.3) is 0 Å². The number of aromatic nitrogens is 1. The number of methoxy groups -OCH3 is 1. The molecule has 2 aromatic carbocycles. The normalized spacial score (nSPS) is 17.4. The smallest absolute Gasteiger partial charge is 0.161 e. The highest BCUT2D eigenvalue weighted by Gasteiger charge is 2.26. The zero-order valence-corrected chi connectivity index (χ0v) is 15.3. The molecule has 6 heteroatoms. The van der Waals surface area contributed by atoms with E-state index < -0.39 is 9.84 Å². The Morgan fingerprint density at radius 2 is 1.77 bits per heavy atom. The molecule has 1 fully saturated rings. The Kier molecular flexibility index (Phi) is 4.15. The van der Waals surface area contributed by atoms with Crippen molar-refractivity contribution in [3.63, 3.8) is 0 Å². The molecule has 1 saturated heterocycles. The Morgan fingerprint density at radius 3 is 2.50 bits per heavy atom. The Hall–Kier alpha value is -2.47. The number of benzene rings is 2. The molecule has 2 N–H and O–H groups in total. The molecular weight excluding hydrogens is 350 g/mol. The van der Waals surface area contributed by atoms with Crippen LogP contribution in [0.2, 0.25) is 0 Å². The summed E-state index contributed by atoms with van der Waals surface area (Å²) >= 11 is 0. The Bertz CT molecular complexity index is 1050. The lowest BCUT2D eigenvalue weighted by Crippen LogP contribution is -2.21. The monoisotopic (exact) mass is 371 g/mol. The van der Waals surface area contributed by atoms with E-state index in [1.807, 2.05) is 30.5 Å². The number of H-pyrrole nitrogens is 1.